The molecule has 0 fully saturated rings. The van der Waals surface area contributed by atoms with Gasteiger partial charge in [0, 0.05) is 23.2 Å². The van der Waals surface area contributed by atoms with Gasteiger partial charge in [-0.3, -0.25) is 4.79 Å². The van der Waals surface area contributed by atoms with E-state index >= 15 is 0 Å². The normalized spacial score (nSPS) is 12.2. The Morgan fingerprint density at radius 1 is 1.06 bits per heavy atom. The molecule has 0 saturated carbocycles. The molecular formula is C25H29NO5. The van der Waals surface area contributed by atoms with E-state index in [9.17, 15) is 9.59 Å². The summed E-state index contributed by atoms with van der Waals surface area (Å²) in [6.07, 6.45) is -1.000. The molecule has 0 aliphatic heterocycles. The van der Waals surface area contributed by atoms with Crippen LogP contribution < -0.4 is 5.32 Å². The first kappa shape index (κ1) is 22.6. The van der Waals surface area contributed by atoms with Crippen molar-refractivity contribution in [3.05, 3.63) is 64.9 Å². The molecule has 0 aliphatic carbocycles. The van der Waals surface area contributed by atoms with Gasteiger partial charge in [-0.1, -0.05) is 50.2 Å². The number of carbonyl (C=O) groups excluding carboxylic acids is 2. The molecule has 1 heterocycles. The van der Waals surface area contributed by atoms with Crippen LogP contribution in [0.2, 0.25) is 0 Å². The van der Waals surface area contributed by atoms with Crippen molar-refractivity contribution in [1.29, 1.82) is 0 Å². The highest BCUT2D eigenvalue weighted by Crippen LogP contribution is 2.29. The first-order valence-corrected chi connectivity index (χ1v) is 10.5. The highest BCUT2D eigenvalue weighted by Gasteiger charge is 2.26. The monoisotopic (exact) mass is 423 g/mol. The maximum Gasteiger partial charge on any atom is 0.375 e. The molecule has 2 aromatic carbocycles. The molecule has 0 aliphatic rings. The molecule has 3 rings (SSSR count). The van der Waals surface area contributed by atoms with Gasteiger partial charge in [0.2, 0.25) is 5.76 Å². The van der Waals surface area contributed by atoms with Crippen LogP contribution in [0.25, 0.3) is 11.0 Å². The second-order valence-corrected chi connectivity index (χ2v) is 7.77. The molecule has 6 nitrogen and oxygen atoms in total. The van der Waals surface area contributed by atoms with Crippen LogP contribution in [0.1, 0.15) is 60.9 Å². The van der Waals surface area contributed by atoms with Gasteiger partial charge in [0.1, 0.15) is 5.58 Å². The molecule has 0 spiro atoms. The van der Waals surface area contributed by atoms with Crippen molar-refractivity contribution in [2.24, 2.45) is 0 Å². The molecule has 164 valence electrons. The SMILES string of the molecule is CCOCc1c(C(=O)O[C@H](C)C(=O)Nc2c(C)cccc2C(C)C)oc2ccccc12. The Hall–Kier alpha value is -3.12. The second-order valence-electron chi connectivity index (χ2n) is 7.77. The van der Waals surface area contributed by atoms with Gasteiger partial charge in [0.05, 0.1) is 6.61 Å². The lowest BCUT2D eigenvalue weighted by Crippen LogP contribution is -2.30. The van der Waals surface area contributed by atoms with Gasteiger partial charge in [-0.2, -0.15) is 0 Å². The number of esters is 1. The van der Waals surface area contributed by atoms with E-state index in [0.29, 0.717) is 17.8 Å². The largest absolute Gasteiger partial charge is 0.449 e. The van der Waals surface area contributed by atoms with Gasteiger partial charge in [0.25, 0.3) is 5.91 Å². The first-order chi connectivity index (χ1) is 14.8. The third-order valence-electron chi connectivity index (χ3n) is 5.16. The molecule has 0 unspecified atom stereocenters. The summed E-state index contributed by atoms with van der Waals surface area (Å²) >= 11 is 0. The number of benzene rings is 2. The molecule has 6 heteroatoms. The van der Waals surface area contributed by atoms with E-state index in [0.717, 1.165) is 22.2 Å². The number of aryl methyl sites for hydroxylation is 1. The Morgan fingerprint density at radius 3 is 2.52 bits per heavy atom. The lowest BCUT2D eigenvalue weighted by Gasteiger charge is -2.19. The van der Waals surface area contributed by atoms with E-state index in [1.165, 1.54) is 0 Å². The first-order valence-electron chi connectivity index (χ1n) is 10.5. The number of hydrogen-bond acceptors (Lipinski definition) is 5. The number of fused-ring (bicyclic) bond motifs is 1. The zero-order valence-corrected chi connectivity index (χ0v) is 18.7. The van der Waals surface area contributed by atoms with Crippen molar-refractivity contribution < 1.29 is 23.5 Å². The van der Waals surface area contributed by atoms with Crippen LogP contribution in [0.4, 0.5) is 5.69 Å². The van der Waals surface area contributed by atoms with Crippen LogP contribution in [0.5, 0.6) is 0 Å². The van der Waals surface area contributed by atoms with E-state index in [1.54, 1.807) is 13.0 Å². The molecule has 0 radical (unpaired) electrons. The molecule has 0 bridgehead atoms. The summed E-state index contributed by atoms with van der Waals surface area (Å²) in [6.45, 7) is 10.2. The smallest absolute Gasteiger partial charge is 0.375 e. The summed E-state index contributed by atoms with van der Waals surface area (Å²) in [6, 6.07) is 13.2. The number of hydrogen-bond donors (Lipinski definition) is 1. The van der Waals surface area contributed by atoms with Crippen LogP contribution in [0, 0.1) is 6.92 Å². The van der Waals surface area contributed by atoms with Gasteiger partial charge in [-0.25, -0.2) is 4.79 Å². The van der Waals surface area contributed by atoms with Crippen LogP contribution in [-0.4, -0.2) is 24.6 Å². The van der Waals surface area contributed by atoms with Crippen LogP contribution >= 0.6 is 0 Å². The minimum atomic E-state index is -1.000. The summed E-state index contributed by atoms with van der Waals surface area (Å²) in [7, 11) is 0. The summed E-state index contributed by atoms with van der Waals surface area (Å²) < 4.78 is 16.7. The van der Waals surface area contributed by atoms with E-state index < -0.39 is 18.0 Å². The lowest BCUT2D eigenvalue weighted by atomic mass is 9.98. The van der Waals surface area contributed by atoms with Crippen molar-refractivity contribution in [3.63, 3.8) is 0 Å². The summed E-state index contributed by atoms with van der Waals surface area (Å²) in [4.78, 5) is 25.6. The Bertz CT molecular complexity index is 1080. The Balaban J connectivity index is 1.79. The van der Waals surface area contributed by atoms with E-state index in [1.807, 2.05) is 50.2 Å². The molecule has 3 aromatic rings. The van der Waals surface area contributed by atoms with Crippen LogP contribution in [0.3, 0.4) is 0 Å². The van der Waals surface area contributed by atoms with Gasteiger partial charge in [0.15, 0.2) is 6.10 Å². The van der Waals surface area contributed by atoms with Gasteiger partial charge in [-0.05, 0) is 43.9 Å². The van der Waals surface area contributed by atoms with Gasteiger partial charge < -0.3 is 19.2 Å². The number of rotatable bonds is 8. The number of para-hydroxylation sites is 2. The molecule has 1 amide bonds. The number of amides is 1. The van der Waals surface area contributed by atoms with E-state index in [2.05, 4.69) is 19.2 Å². The maximum atomic E-state index is 12.9. The lowest BCUT2D eigenvalue weighted by molar-refractivity contribution is -0.123. The molecule has 31 heavy (non-hydrogen) atoms. The standard InChI is InChI=1S/C25H29NO5/c1-6-29-14-20-19-11-7-8-13-21(19)31-23(20)25(28)30-17(5)24(27)26-22-16(4)10-9-12-18(22)15(2)3/h7-13,15,17H,6,14H2,1-5H3,(H,26,27)/t17-/m1/s1. The topological polar surface area (TPSA) is 77.8 Å². The minimum Gasteiger partial charge on any atom is -0.449 e. The summed E-state index contributed by atoms with van der Waals surface area (Å²) in [5, 5.41) is 3.71. The van der Waals surface area contributed by atoms with Crippen molar-refractivity contribution in [2.45, 2.75) is 53.2 Å². The van der Waals surface area contributed by atoms with Crippen molar-refractivity contribution in [1.82, 2.24) is 0 Å². The molecule has 1 aromatic heterocycles. The van der Waals surface area contributed by atoms with Crippen LogP contribution in [-0.2, 0) is 20.9 Å². The minimum absolute atomic E-state index is 0.0630. The quantitative estimate of drug-likeness (QED) is 0.478. The van der Waals surface area contributed by atoms with Gasteiger partial charge >= 0.3 is 5.97 Å². The number of furan rings is 1. The third kappa shape index (κ3) is 4.97. The van der Waals surface area contributed by atoms with Crippen LogP contribution in [0.15, 0.2) is 46.9 Å². The van der Waals surface area contributed by atoms with E-state index in [-0.39, 0.29) is 18.3 Å². The Kier molecular flexibility index (Phi) is 7.13. The average Bonchev–Trinajstić information content (AvgIpc) is 3.12. The number of carbonyl (C=O) groups is 2. The highest BCUT2D eigenvalue weighted by atomic mass is 16.6. The summed E-state index contributed by atoms with van der Waals surface area (Å²) in [5.74, 6) is -0.785. The fraction of sp³-hybridized carbons (Fsp3) is 0.360. The molecule has 1 N–H and O–H groups in total. The number of ether oxygens (including phenoxy) is 2. The summed E-state index contributed by atoms with van der Waals surface area (Å²) in [5.41, 5.74) is 3.93. The fourth-order valence-electron chi connectivity index (χ4n) is 3.45. The van der Waals surface area contributed by atoms with E-state index in [4.69, 9.17) is 13.9 Å². The second kappa shape index (κ2) is 9.79. The van der Waals surface area contributed by atoms with Crippen molar-refractivity contribution in [3.8, 4) is 0 Å². The Labute approximate surface area is 182 Å². The average molecular weight is 424 g/mol. The van der Waals surface area contributed by atoms with Crippen molar-refractivity contribution in [2.75, 3.05) is 11.9 Å². The molecule has 1 atom stereocenters. The predicted octanol–water partition coefficient (Wildman–Crippen LogP) is 5.59. The number of nitrogens with one attached hydrogen (secondary N) is 1. The fourth-order valence-corrected chi connectivity index (χ4v) is 3.45. The Morgan fingerprint density at radius 2 is 1.81 bits per heavy atom. The predicted molar refractivity (Wildman–Crippen MR) is 120 cm³/mol. The molecular weight excluding hydrogens is 394 g/mol. The third-order valence-corrected chi connectivity index (χ3v) is 5.16. The zero-order chi connectivity index (χ0) is 22.5. The maximum absolute atomic E-state index is 12.9. The zero-order valence-electron chi connectivity index (χ0n) is 18.7. The van der Waals surface area contributed by atoms with Gasteiger partial charge in [-0.15, -0.1) is 0 Å². The highest BCUT2D eigenvalue weighted by molar-refractivity contribution is 6.00. The molecule has 0 saturated heterocycles. The van der Waals surface area contributed by atoms with Crippen molar-refractivity contribution >= 4 is 28.5 Å². The number of anilines is 1.